The lowest BCUT2D eigenvalue weighted by atomic mass is 10.2. The first-order valence-electron chi connectivity index (χ1n) is 6.71. The summed E-state index contributed by atoms with van der Waals surface area (Å²) in [6, 6.07) is 12.8. The third kappa shape index (κ3) is 2.81. The van der Waals surface area contributed by atoms with Crippen molar-refractivity contribution in [3.8, 4) is 5.75 Å². The van der Waals surface area contributed by atoms with Gasteiger partial charge in [-0.15, -0.1) is 0 Å². The molecule has 0 spiro atoms. The maximum atomic E-state index is 12.5. The van der Waals surface area contributed by atoms with Crippen molar-refractivity contribution in [1.82, 2.24) is 0 Å². The van der Waals surface area contributed by atoms with Crippen molar-refractivity contribution >= 4 is 29.0 Å². The molecule has 1 N–H and O–H groups in total. The van der Waals surface area contributed by atoms with Gasteiger partial charge >= 0.3 is 6.03 Å². The van der Waals surface area contributed by atoms with E-state index in [9.17, 15) is 4.79 Å². The van der Waals surface area contributed by atoms with E-state index in [0.717, 1.165) is 11.3 Å². The number of carbonyl (C=O) groups is 1. The molecule has 5 heteroatoms. The predicted molar refractivity (Wildman–Crippen MR) is 84.5 cm³/mol. The molecule has 21 heavy (non-hydrogen) atoms. The molecular weight excluding hydrogens is 288 g/mol. The molecule has 0 bridgehead atoms. The summed E-state index contributed by atoms with van der Waals surface area (Å²) in [5.41, 5.74) is 2.52. The van der Waals surface area contributed by atoms with Crippen molar-refractivity contribution in [2.24, 2.45) is 0 Å². The molecule has 0 aliphatic carbocycles. The fourth-order valence-corrected chi connectivity index (χ4v) is 2.46. The first-order chi connectivity index (χ1) is 10.1. The van der Waals surface area contributed by atoms with Crippen molar-refractivity contribution in [2.75, 3.05) is 23.4 Å². The Balaban J connectivity index is 1.87. The van der Waals surface area contributed by atoms with E-state index in [-0.39, 0.29) is 6.03 Å². The molecule has 0 fully saturated rings. The lowest BCUT2D eigenvalue weighted by molar-refractivity contribution is 0.250. The molecule has 0 aromatic heterocycles. The zero-order valence-corrected chi connectivity index (χ0v) is 12.4. The number of anilines is 2. The normalized spacial score (nSPS) is 13.3. The summed E-state index contributed by atoms with van der Waals surface area (Å²) in [7, 11) is 0. The second-order valence-electron chi connectivity index (χ2n) is 4.86. The van der Waals surface area contributed by atoms with Crippen molar-refractivity contribution in [3.05, 3.63) is 53.1 Å². The molecule has 2 aromatic rings. The minimum Gasteiger partial charge on any atom is -0.490 e. The molecule has 1 heterocycles. The average molecular weight is 303 g/mol. The van der Waals surface area contributed by atoms with Crippen LogP contribution in [-0.2, 0) is 0 Å². The van der Waals surface area contributed by atoms with Crippen LogP contribution in [-0.4, -0.2) is 19.2 Å². The van der Waals surface area contributed by atoms with Crippen LogP contribution in [0.3, 0.4) is 0 Å². The lowest BCUT2D eigenvalue weighted by Gasteiger charge is -2.29. The minimum absolute atomic E-state index is 0.184. The average Bonchev–Trinajstić information content (AvgIpc) is 2.49. The van der Waals surface area contributed by atoms with Crippen molar-refractivity contribution < 1.29 is 9.53 Å². The molecule has 1 aliphatic rings. The van der Waals surface area contributed by atoms with Crippen LogP contribution in [0.15, 0.2) is 42.5 Å². The van der Waals surface area contributed by atoms with E-state index in [4.69, 9.17) is 16.3 Å². The number of aryl methyl sites for hydroxylation is 1. The number of halogens is 1. The van der Waals surface area contributed by atoms with Crippen molar-refractivity contribution in [2.45, 2.75) is 6.92 Å². The van der Waals surface area contributed by atoms with Crippen LogP contribution in [0.25, 0.3) is 0 Å². The van der Waals surface area contributed by atoms with Gasteiger partial charge in [-0.2, -0.15) is 0 Å². The lowest BCUT2D eigenvalue weighted by Crippen LogP contribution is -2.40. The van der Waals surface area contributed by atoms with Gasteiger partial charge in [-0.25, -0.2) is 4.79 Å². The Hall–Kier alpha value is -2.20. The van der Waals surface area contributed by atoms with Crippen molar-refractivity contribution in [3.63, 3.8) is 0 Å². The highest BCUT2D eigenvalue weighted by Crippen LogP contribution is 2.34. The van der Waals surface area contributed by atoms with Gasteiger partial charge in [-0.3, -0.25) is 4.90 Å². The Kier molecular flexibility index (Phi) is 3.71. The zero-order valence-electron chi connectivity index (χ0n) is 11.6. The molecule has 2 amide bonds. The van der Waals surface area contributed by atoms with Crippen molar-refractivity contribution in [1.29, 1.82) is 0 Å². The molecule has 3 rings (SSSR count). The monoisotopic (exact) mass is 302 g/mol. The SMILES string of the molecule is Cc1ccccc1NC(=O)N1CCOc2ccc(Cl)cc21. The Morgan fingerprint density at radius 1 is 1.29 bits per heavy atom. The Bertz CT molecular complexity index is 688. The van der Waals surface area contributed by atoms with E-state index in [2.05, 4.69) is 5.32 Å². The van der Waals surface area contributed by atoms with Gasteiger partial charge in [0.1, 0.15) is 12.4 Å². The molecular formula is C16H15ClN2O2. The standard InChI is InChI=1S/C16H15ClN2O2/c1-11-4-2-3-5-13(11)18-16(20)19-8-9-21-15-7-6-12(17)10-14(15)19/h2-7,10H,8-9H2,1H3,(H,18,20). The smallest absolute Gasteiger partial charge is 0.326 e. The molecule has 1 aliphatic heterocycles. The highest BCUT2D eigenvalue weighted by atomic mass is 35.5. The number of carbonyl (C=O) groups excluding carboxylic acids is 1. The summed E-state index contributed by atoms with van der Waals surface area (Å²) in [6.45, 7) is 2.92. The van der Waals surface area contributed by atoms with E-state index in [1.165, 1.54) is 0 Å². The molecule has 108 valence electrons. The largest absolute Gasteiger partial charge is 0.490 e. The van der Waals surface area contributed by atoms with Gasteiger partial charge in [0.2, 0.25) is 0 Å². The number of amides is 2. The number of nitrogens with zero attached hydrogens (tertiary/aromatic N) is 1. The molecule has 0 saturated heterocycles. The number of hydrogen-bond donors (Lipinski definition) is 1. The summed E-state index contributed by atoms with van der Waals surface area (Å²) in [4.78, 5) is 14.2. The van der Waals surface area contributed by atoms with Crippen LogP contribution < -0.4 is 15.0 Å². The van der Waals surface area contributed by atoms with Crippen LogP contribution in [0.1, 0.15) is 5.56 Å². The molecule has 0 atom stereocenters. The number of para-hydroxylation sites is 1. The third-order valence-electron chi connectivity index (χ3n) is 3.42. The van der Waals surface area contributed by atoms with Crippen LogP contribution in [0.4, 0.5) is 16.2 Å². The second-order valence-corrected chi connectivity index (χ2v) is 5.29. The molecule has 0 radical (unpaired) electrons. The molecule has 2 aromatic carbocycles. The van der Waals surface area contributed by atoms with Gasteiger partial charge < -0.3 is 10.1 Å². The van der Waals surface area contributed by atoms with Gasteiger partial charge in [0.15, 0.2) is 0 Å². The zero-order chi connectivity index (χ0) is 14.8. The number of hydrogen-bond acceptors (Lipinski definition) is 2. The summed E-state index contributed by atoms with van der Waals surface area (Å²) < 4.78 is 5.55. The first-order valence-corrected chi connectivity index (χ1v) is 7.09. The molecule has 4 nitrogen and oxygen atoms in total. The Morgan fingerprint density at radius 3 is 2.90 bits per heavy atom. The van der Waals surface area contributed by atoms with Gasteiger partial charge in [0.05, 0.1) is 12.2 Å². The predicted octanol–water partition coefficient (Wildman–Crippen LogP) is 4.08. The van der Waals surface area contributed by atoms with Crippen LogP contribution in [0.5, 0.6) is 5.75 Å². The summed E-state index contributed by atoms with van der Waals surface area (Å²) in [5, 5.41) is 3.51. The topological polar surface area (TPSA) is 41.6 Å². The summed E-state index contributed by atoms with van der Waals surface area (Å²) >= 11 is 6.02. The number of rotatable bonds is 1. The maximum Gasteiger partial charge on any atom is 0.326 e. The summed E-state index contributed by atoms with van der Waals surface area (Å²) in [5.74, 6) is 0.672. The minimum atomic E-state index is -0.184. The van der Waals surface area contributed by atoms with E-state index < -0.39 is 0 Å². The van der Waals surface area contributed by atoms with Crippen LogP contribution in [0.2, 0.25) is 5.02 Å². The highest BCUT2D eigenvalue weighted by Gasteiger charge is 2.24. The molecule has 0 unspecified atom stereocenters. The van der Waals surface area contributed by atoms with E-state index in [0.29, 0.717) is 29.6 Å². The fourth-order valence-electron chi connectivity index (χ4n) is 2.30. The fraction of sp³-hybridized carbons (Fsp3) is 0.188. The van der Waals surface area contributed by atoms with Gasteiger partial charge in [-0.05, 0) is 36.8 Å². The maximum absolute atomic E-state index is 12.5. The quantitative estimate of drug-likeness (QED) is 0.862. The van der Waals surface area contributed by atoms with Crippen LogP contribution >= 0.6 is 11.6 Å². The van der Waals surface area contributed by atoms with E-state index in [1.54, 1.807) is 23.1 Å². The third-order valence-corrected chi connectivity index (χ3v) is 3.65. The Morgan fingerprint density at radius 2 is 2.10 bits per heavy atom. The summed E-state index contributed by atoms with van der Waals surface area (Å²) in [6.07, 6.45) is 0. The number of urea groups is 1. The van der Waals surface area contributed by atoms with Gasteiger partial charge in [-0.1, -0.05) is 29.8 Å². The van der Waals surface area contributed by atoms with Gasteiger partial charge in [0.25, 0.3) is 0 Å². The van der Waals surface area contributed by atoms with Crippen LogP contribution in [0, 0.1) is 6.92 Å². The number of nitrogens with one attached hydrogen (secondary N) is 1. The molecule has 0 saturated carbocycles. The number of ether oxygens (including phenoxy) is 1. The number of fused-ring (bicyclic) bond motifs is 1. The van der Waals surface area contributed by atoms with E-state index >= 15 is 0 Å². The number of benzene rings is 2. The van der Waals surface area contributed by atoms with E-state index in [1.807, 2.05) is 31.2 Å². The first kappa shape index (κ1) is 13.8. The Labute approximate surface area is 128 Å². The second kappa shape index (κ2) is 5.66. The van der Waals surface area contributed by atoms with Gasteiger partial charge in [0, 0.05) is 10.7 Å². The highest BCUT2D eigenvalue weighted by molar-refractivity contribution is 6.31.